The number of piperidine rings is 1. The first-order valence-corrected chi connectivity index (χ1v) is 13.6. The van der Waals surface area contributed by atoms with Gasteiger partial charge in [-0.15, -0.1) is 12.8 Å². The molecule has 1 aromatic rings. The predicted molar refractivity (Wildman–Crippen MR) is 149 cm³/mol. The summed E-state index contributed by atoms with van der Waals surface area (Å²) in [7, 11) is 0. The van der Waals surface area contributed by atoms with Crippen LogP contribution in [-0.4, -0.2) is 116 Å². The van der Waals surface area contributed by atoms with Crippen LogP contribution in [0.25, 0.3) is 0 Å². The molecule has 3 unspecified atom stereocenters. The van der Waals surface area contributed by atoms with Crippen molar-refractivity contribution in [2.75, 3.05) is 74.6 Å². The normalized spacial score (nSPS) is 21.9. The highest BCUT2D eigenvalue weighted by atomic mass is 16.6. The van der Waals surface area contributed by atoms with Gasteiger partial charge in [-0.05, 0) is 31.9 Å². The third kappa shape index (κ3) is 6.81. The van der Waals surface area contributed by atoms with Crippen molar-refractivity contribution in [3.8, 4) is 24.7 Å². The van der Waals surface area contributed by atoms with Gasteiger partial charge in [0.25, 0.3) is 5.91 Å². The van der Waals surface area contributed by atoms with E-state index in [1.165, 1.54) is 9.80 Å². The molecule has 2 N–H and O–H groups in total. The topological polar surface area (TPSA) is 143 Å². The smallest absolute Gasteiger partial charge is 0.410 e. The van der Waals surface area contributed by atoms with Gasteiger partial charge in [0.15, 0.2) is 24.6 Å². The van der Waals surface area contributed by atoms with E-state index < -0.39 is 48.6 Å². The zero-order valence-corrected chi connectivity index (χ0v) is 23.0. The summed E-state index contributed by atoms with van der Waals surface area (Å²) < 4.78 is 16.0. The van der Waals surface area contributed by atoms with Crippen LogP contribution in [-0.2, 0) is 28.6 Å². The summed E-state index contributed by atoms with van der Waals surface area (Å²) in [4.78, 5) is 60.5. The third-order valence-electron chi connectivity index (χ3n) is 7.07. The van der Waals surface area contributed by atoms with Gasteiger partial charge in [0.1, 0.15) is 5.82 Å². The minimum Gasteiger partial charge on any atom is -0.449 e. The van der Waals surface area contributed by atoms with E-state index in [1.807, 2.05) is 11.0 Å². The van der Waals surface area contributed by atoms with Crippen molar-refractivity contribution in [3.63, 3.8) is 0 Å². The van der Waals surface area contributed by atoms with Crippen LogP contribution in [0, 0.1) is 24.7 Å². The number of esters is 1. The summed E-state index contributed by atoms with van der Waals surface area (Å²) in [5.74, 6) is 4.48. The number of ketones is 1. The number of carbonyl (C=O) groups is 4. The number of ether oxygens (including phenoxy) is 3. The molecule has 1 aromatic heterocycles. The first-order valence-electron chi connectivity index (χ1n) is 13.6. The number of piperazine rings is 1. The highest BCUT2D eigenvalue weighted by Crippen LogP contribution is 2.30. The quantitative estimate of drug-likeness (QED) is 0.230. The van der Waals surface area contributed by atoms with Crippen LogP contribution in [0.1, 0.15) is 19.8 Å². The van der Waals surface area contributed by atoms with Crippen LogP contribution in [0.5, 0.6) is 0 Å². The molecule has 3 atom stereocenters. The summed E-state index contributed by atoms with van der Waals surface area (Å²) in [5.41, 5.74) is 0.749. The van der Waals surface area contributed by atoms with Crippen molar-refractivity contribution < 1.29 is 33.4 Å². The predicted octanol–water partition coefficient (Wildman–Crippen LogP) is 0.321. The fourth-order valence-electron chi connectivity index (χ4n) is 5.15. The first-order chi connectivity index (χ1) is 19.9. The Balaban J connectivity index is 1.30. The molecule has 3 aliphatic heterocycles. The number of rotatable bonds is 10. The minimum atomic E-state index is -1.29. The van der Waals surface area contributed by atoms with Crippen molar-refractivity contribution >= 4 is 41.1 Å². The monoisotopic (exact) mass is 566 g/mol. The molecule has 0 spiro atoms. The zero-order valence-electron chi connectivity index (χ0n) is 23.0. The van der Waals surface area contributed by atoms with Gasteiger partial charge in [-0.25, -0.2) is 14.6 Å². The van der Waals surface area contributed by atoms with Crippen molar-refractivity contribution in [3.05, 3.63) is 12.1 Å². The van der Waals surface area contributed by atoms with E-state index in [0.717, 1.165) is 5.69 Å². The Kier molecular flexibility index (Phi) is 9.87. The van der Waals surface area contributed by atoms with Crippen LogP contribution in [0.3, 0.4) is 0 Å². The number of fused-ring (bicyclic) bond motifs is 1. The van der Waals surface area contributed by atoms with E-state index in [-0.39, 0.29) is 6.61 Å². The molecule has 0 radical (unpaired) electrons. The summed E-state index contributed by atoms with van der Waals surface area (Å²) in [6.45, 7) is 3.85. The lowest BCUT2D eigenvalue weighted by molar-refractivity contribution is -0.178. The Hall–Kier alpha value is -4.49. The Morgan fingerprint density at radius 2 is 1.80 bits per heavy atom. The number of nitrogens with zero attached hydrogens (tertiary/aromatic N) is 4. The minimum absolute atomic E-state index is 0.166. The number of carbonyl (C=O) groups excluding carboxylic acids is 4. The van der Waals surface area contributed by atoms with Crippen molar-refractivity contribution in [2.24, 2.45) is 0 Å². The van der Waals surface area contributed by atoms with E-state index in [9.17, 15) is 19.2 Å². The van der Waals surface area contributed by atoms with Crippen LogP contribution >= 0.6 is 0 Å². The average molecular weight is 567 g/mol. The SMILES string of the molecule is C#CCNc1ccc(NCC#C)c(N2CCN(C(=O)OCC(=O)OC3C(=O)C(OCC)C(=O)N4CCCC34)CC2)n1. The van der Waals surface area contributed by atoms with Crippen LogP contribution < -0.4 is 15.5 Å². The summed E-state index contributed by atoms with van der Waals surface area (Å²) in [6.07, 6.45) is 8.84. The van der Waals surface area contributed by atoms with Crippen molar-refractivity contribution in [1.82, 2.24) is 14.8 Å². The maximum Gasteiger partial charge on any atom is 0.410 e. The molecule has 2 amide bonds. The lowest BCUT2D eigenvalue weighted by Gasteiger charge is -2.38. The third-order valence-corrected chi connectivity index (χ3v) is 7.07. The van der Waals surface area contributed by atoms with E-state index in [2.05, 4.69) is 27.5 Å². The second-order valence-corrected chi connectivity index (χ2v) is 9.60. The number of pyridine rings is 1. The Morgan fingerprint density at radius 1 is 1.07 bits per heavy atom. The number of nitrogens with one attached hydrogen (secondary N) is 2. The molecule has 218 valence electrons. The van der Waals surface area contributed by atoms with Gasteiger partial charge in [-0.2, -0.15) is 0 Å². The second-order valence-electron chi connectivity index (χ2n) is 9.60. The van der Waals surface area contributed by atoms with E-state index >= 15 is 0 Å². The lowest BCUT2D eigenvalue weighted by Crippen LogP contribution is -2.62. The molecular weight excluding hydrogens is 532 g/mol. The number of hydrogen-bond acceptors (Lipinski definition) is 11. The Labute approximate surface area is 238 Å². The standard InChI is InChI=1S/C28H34N6O7/c1-4-11-29-19-9-10-21(30-12-5-2)31-26(19)32-14-16-33(17-15-32)28(38)40-18-22(35)41-24-20-8-7-13-34(20)27(37)25(23(24)36)39-6-3/h1-2,9-10,20,24-25,29H,6-8,11-18H2,3H3,(H,30,31). The Morgan fingerprint density at radius 3 is 2.51 bits per heavy atom. The van der Waals surface area contributed by atoms with Gasteiger partial charge in [-0.1, -0.05) is 11.8 Å². The fraction of sp³-hybridized carbons (Fsp3) is 0.536. The molecule has 0 aliphatic carbocycles. The molecule has 3 aliphatic rings. The molecule has 3 saturated heterocycles. The van der Waals surface area contributed by atoms with Gasteiger partial charge in [0, 0.05) is 39.3 Å². The number of terminal acetylenes is 2. The fourth-order valence-corrected chi connectivity index (χ4v) is 5.15. The van der Waals surface area contributed by atoms with E-state index in [4.69, 9.17) is 27.1 Å². The molecule has 0 saturated carbocycles. The van der Waals surface area contributed by atoms with Gasteiger partial charge in [0.2, 0.25) is 5.78 Å². The average Bonchev–Trinajstić information content (AvgIpc) is 3.48. The first kappa shape index (κ1) is 29.5. The summed E-state index contributed by atoms with van der Waals surface area (Å²) in [5, 5.41) is 6.20. The maximum atomic E-state index is 12.9. The molecule has 0 bridgehead atoms. The number of aromatic nitrogens is 1. The second kappa shape index (κ2) is 13.7. The number of anilines is 3. The molecular formula is C28H34N6O7. The van der Waals surface area contributed by atoms with Crippen LogP contribution in [0.15, 0.2) is 12.1 Å². The van der Waals surface area contributed by atoms with E-state index in [0.29, 0.717) is 70.3 Å². The van der Waals surface area contributed by atoms with Crippen LogP contribution in [0.4, 0.5) is 22.1 Å². The lowest BCUT2D eigenvalue weighted by atomic mass is 9.95. The molecule has 3 fully saturated rings. The van der Waals surface area contributed by atoms with Crippen LogP contribution in [0.2, 0.25) is 0 Å². The van der Waals surface area contributed by atoms with Gasteiger partial charge in [-0.3, -0.25) is 9.59 Å². The Bertz CT molecular complexity index is 1230. The molecule has 4 heterocycles. The van der Waals surface area contributed by atoms with Crippen molar-refractivity contribution in [1.29, 1.82) is 0 Å². The highest BCUT2D eigenvalue weighted by molar-refractivity contribution is 6.09. The van der Waals surface area contributed by atoms with Gasteiger partial charge < -0.3 is 39.5 Å². The molecule has 13 heteroatoms. The molecule has 13 nitrogen and oxygen atoms in total. The zero-order chi connectivity index (χ0) is 29.4. The molecule has 0 aromatic carbocycles. The number of Topliss-reactive ketones (excluding diaryl/α,β-unsaturated/α-hetero) is 1. The largest absolute Gasteiger partial charge is 0.449 e. The number of amides is 2. The summed E-state index contributed by atoms with van der Waals surface area (Å²) in [6, 6.07) is 3.12. The highest BCUT2D eigenvalue weighted by Gasteiger charge is 2.52. The van der Waals surface area contributed by atoms with E-state index in [1.54, 1.807) is 13.0 Å². The maximum absolute atomic E-state index is 12.9. The van der Waals surface area contributed by atoms with Gasteiger partial charge in [0.05, 0.1) is 24.8 Å². The summed E-state index contributed by atoms with van der Waals surface area (Å²) >= 11 is 0. The van der Waals surface area contributed by atoms with Gasteiger partial charge >= 0.3 is 12.1 Å². The number of hydrogen-bond donors (Lipinski definition) is 2. The van der Waals surface area contributed by atoms with Crippen molar-refractivity contribution in [2.45, 2.75) is 38.0 Å². The molecule has 4 rings (SSSR count). The molecule has 41 heavy (non-hydrogen) atoms.